The molecule has 0 aliphatic carbocycles. The molecule has 0 saturated heterocycles. The number of carbonyl (C=O) groups excluding carboxylic acids is 1. The molecule has 2 aliphatic rings. The van der Waals surface area contributed by atoms with E-state index >= 15 is 0 Å². The zero-order valence-electron chi connectivity index (χ0n) is 19.2. The van der Waals surface area contributed by atoms with Crippen molar-refractivity contribution in [2.24, 2.45) is 5.73 Å². The van der Waals surface area contributed by atoms with Crippen LogP contribution in [0.4, 0.5) is 5.69 Å². The molecule has 6 rings (SSSR count). The average molecular weight is 494 g/mol. The number of aryl methyl sites for hydroxylation is 1. The Morgan fingerprint density at radius 1 is 1.11 bits per heavy atom. The molecule has 1 spiro atoms. The fourth-order valence-corrected chi connectivity index (χ4v) is 5.27. The Morgan fingerprint density at radius 3 is 2.56 bits per heavy atom. The molecule has 0 radical (unpaired) electrons. The topological polar surface area (TPSA) is 108 Å². The summed E-state index contributed by atoms with van der Waals surface area (Å²) in [6.07, 6.45) is 0. The van der Waals surface area contributed by atoms with E-state index in [-0.39, 0.29) is 23.2 Å². The highest BCUT2D eigenvalue weighted by Crippen LogP contribution is 2.57. The molecule has 3 aromatic carbocycles. The summed E-state index contributed by atoms with van der Waals surface area (Å²) in [6.45, 7) is 2.29. The van der Waals surface area contributed by atoms with E-state index < -0.39 is 5.41 Å². The molecular weight excluding hydrogens is 474 g/mol. The number of amides is 1. The van der Waals surface area contributed by atoms with Gasteiger partial charge in [-0.25, -0.2) is 0 Å². The largest absolute Gasteiger partial charge is 0.420 e. The SMILES string of the molecule is Cc1ccc(-c2[nH]nc3c2[C@@]2(C(=O)N(Cc4ccc(Cl)cc4)c4ccccc42)C(C#N)=C(N)O3)cc1. The normalized spacial score (nSPS) is 18.1. The van der Waals surface area contributed by atoms with Gasteiger partial charge in [0.15, 0.2) is 0 Å². The molecule has 0 bridgehead atoms. The molecule has 1 amide bonds. The summed E-state index contributed by atoms with van der Waals surface area (Å²) in [6, 6.07) is 24.8. The maximum Gasteiger partial charge on any atom is 0.248 e. The van der Waals surface area contributed by atoms with Gasteiger partial charge in [0, 0.05) is 21.8 Å². The van der Waals surface area contributed by atoms with Crippen molar-refractivity contribution in [2.45, 2.75) is 18.9 Å². The van der Waals surface area contributed by atoms with E-state index in [1.807, 2.05) is 67.6 Å². The van der Waals surface area contributed by atoms with Gasteiger partial charge in [0.25, 0.3) is 0 Å². The van der Waals surface area contributed by atoms with Crippen molar-refractivity contribution in [1.29, 1.82) is 5.26 Å². The van der Waals surface area contributed by atoms with Gasteiger partial charge in [-0.1, -0.05) is 71.8 Å². The molecule has 36 heavy (non-hydrogen) atoms. The minimum absolute atomic E-state index is 0.0424. The van der Waals surface area contributed by atoms with Crippen molar-refractivity contribution in [2.75, 3.05) is 4.90 Å². The van der Waals surface area contributed by atoms with Gasteiger partial charge >= 0.3 is 0 Å². The lowest BCUT2D eigenvalue weighted by Crippen LogP contribution is -2.45. The minimum atomic E-state index is -1.51. The van der Waals surface area contributed by atoms with E-state index in [0.29, 0.717) is 34.1 Å². The number of fused-ring (bicyclic) bond motifs is 4. The molecule has 3 heterocycles. The van der Waals surface area contributed by atoms with Crippen LogP contribution in [0.15, 0.2) is 84.3 Å². The fourth-order valence-electron chi connectivity index (χ4n) is 5.15. The maximum atomic E-state index is 14.6. The summed E-state index contributed by atoms with van der Waals surface area (Å²) in [7, 11) is 0. The molecule has 1 aromatic heterocycles. The number of ether oxygens (including phenoxy) is 1. The van der Waals surface area contributed by atoms with Crippen LogP contribution in [0.1, 0.15) is 22.3 Å². The number of nitrogens with two attached hydrogens (primary N) is 1. The van der Waals surface area contributed by atoms with Gasteiger partial charge in [-0.05, 0) is 30.7 Å². The van der Waals surface area contributed by atoms with Crippen LogP contribution in [-0.4, -0.2) is 16.1 Å². The molecule has 0 saturated carbocycles. The third kappa shape index (κ3) is 2.98. The molecular formula is C28H20ClN5O2. The summed E-state index contributed by atoms with van der Waals surface area (Å²) in [5.74, 6) is -0.250. The molecule has 8 heteroatoms. The van der Waals surface area contributed by atoms with E-state index in [1.165, 1.54) is 0 Å². The van der Waals surface area contributed by atoms with Crippen LogP contribution in [-0.2, 0) is 16.8 Å². The molecule has 1 atom stereocenters. The highest BCUT2D eigenvalue weighted by Gasteiger charge is 2.61. The van der Waals surface area contributed by atoms with Crippen LogP contribution >= 0.6 is 11.6 Å². The summed E-state index contributed by atoms with van der Waals surface area (Å²) in [4.78, 5) is 16.3. The summed E-state index contributed by atoms with van der Waals surface area (Å²) < 4.78 is 5.79. The number of aromatic amines is 1. The van der Waals surface area contributed by atoms with E-state index in [1.54, 1.807) is 17.0 Å². The number of carbonyl (C=O) groups is 1. The molecule has 3 N–H and O–H groups in total. The first kappa shape index (κ1) is 22.0. The first-order valence-corrected chi connectivity index (χ1v) is 11.7. The van der Waals surface area contributed by atoms with Gasteiger partial charge in [-0.3, -0.25) is 9.89 Å². The summed E-state index contributed by atoms with van der Waals surface area (Å²) in [5, 5.41) is 18.3. The van der Waals surface area contributed by atoms with E-state index in [9.17, 15) is 10.1 Å². The van der Waals surface area contributed by atoms with Crippen LogP contribution in [0.2, 0.25) is 5.02 Å². The number of rotatable bonds is 3. The second-order valence-corrected chi connectivity index (χ2v) is 9.32. The van der Waals surface area contributed by atoms with Crippen molar-refractivity contribution < 1.29 is 9.53 Å². The number of halogens is 1. The second-order valence-electron chi connectivity index (χ2n) is 8.88. The molecule has 0 unspecified atom stereocenters. The van der Waals surface area contributed by atoms with Gasteiger partial charge < -0.3 is 15.4 Å². The van der Waals surface area contributed by atoms with Crippen molar-refractivity contribution in [3.63, 3.8) is 0 Å². The molecule has 176 valence electrons. The van der Waals surface area contributed by atoms with Crippen LogP contribution < -0.4 is 15.4 Å². The van der Waals surface area contributed by atoms with Gasteiger partial charge in [0.2, 0.25) is 17.7 Å². The number of para-hydroxylation sites is 1. The van der Waals surface area contributed by atoms with Gasteiger partial charge in [-0.15, -0.1) is 5.10 Å². The van der Waals surface area contributed by atoms with Crippen LogP contribution in [0.3, 0.4) is 0 Å². The zero-order chi connectivity index (χ0) is 25.0. The zero-order valence-corrected chi connectivity index (χ0v) is 20.0. The first-order valence-electron chi connectivity index (χ1n) is 11.3. The first-order chi connectivity index (χ1) is 17.4. The average Bonchev–Trinajstić information content (AvgIpc) is 3.40. The van der Waals surface area contributed by atoms with Crippen molar-refractivity contribution in [3.8, 4) is 23.2 Å². The summed E-state index contributed by atoms with van der Waals surface area (Å²) in [5.41, 5.74) is 10.0. The van der Waals surface area contributed by atoms with Gasteiger partial charge in [0.05, 0.1) is 17.8 Å². The Labute approximate surface area is 212 Å². The minimum Gasteiger partial charge on any atom is -0.420 e. The Balaban J connectivity index is 1.62. The lowest BCUT2D eigenvalue weighted by molar-refractivity contribution is -0.121. The number of nitriles is 1. The van der Waals surface area contributed by atoms with Gasteiger partial charge in [0.1, 0.15) is 17.1 Å². The standard InChI is InChI=1S/C28H20ClN5O2/c1-16-6-10-18(11-7-16)24-23-26(33-32-24)36-25(31)21(14-30)28(23)20-4-2-3-5-22(20)34(27(28)35)15-17-8-12-19(29)13-9-17/h2-13H,15,31H2,1H3,(H,32,33)/t28-/m0/s1. The maximum absolute atomic E-state index is 14.6. The molecule has 7 nitrogen and oxygen atoms in total. The third-order valence-electron chi connectivity index (χ3n) is 6.81. The predicted molar refractivity (Wildman–Crippen MR) is 136 cm³/mol. The number of anilines is 1. The number of hydrogen-bond acceptors (Lipinski definition) is 5. The molecule has 2 aliphatic heterocycles. The highest BCUT2D eigenvalue weighted by molar-refractivity contribution is 6.30. The quantitative estimate of drug-likeness (QED) is 0.419. The molecule has 4 aromatic rings. The molecule has 0 fully saturated rings. The van der Waals surface area contributed by atoms with E-state index in [4.69, 9.17) is 22.1 Å². The lowest BCUT2D eigenvalue weighted by Gasteiger charge is -2.33. The monoisotopic (exact) mass is 493 g/mol. The van der Waals surface area contributed by atoms with Crippen molar-refractivity contribution >= 4 is 23.2 Å². The number of hydrogen-bond donors (Lipinski definition) is 2. The second kappa shape index (κ2) is 8.01. The Hall–Kier alpha value is -4.54. The summed E-state index contributed by atoms with van der Waals surface area (Å²) >= 11 is 6.08. The smallest absolute Gasteiger partial charge is 0.248 e. The van der Waals surface area contributed by atoms with E-state index in [2.05, 4.69) is 16.3 Å². The number of aromatic nitrogens is 2. The van der Waals surface area contributed by atoms with E-state index in [0.717, 1.165) is 16.7 Å². The predicted octanol–water partition coefficient (Wildman–Crippen LogP) is 4.96. The van der Waals surface area contributed by atoms with Crippen molar-refractivity contribution in [3.05, 3.63) is 112 Å². The number of H-pyrrole nitrogens is 1. The van der Waals surface area contributed by atoms with Gasteiger partial charge in [-0.2, -0.15) is 5.26 Å². The lowest BCUT2D eigenvalue weighted by atomic mass is 9.68. The van der Waals surface area contributed by atoms with Crippen LogP contribution in [0, 0.1) is 18.3 Å². The fraction of sp³-hybridized carbons (Fsp3) is 0.107. The van der Waals surface area contributed by atoms with Crippen molar-refractivity contribution in [1.82, 2.24) is 10.2 Å². The highest BCUT2D eigenvalue weighted by atomic mass is 35.5. The Kier molecular flexibility index (Phi) is 4.88. The number of benzene rings is 3. The third-order valence-corrected chi connectivity index (χ3v) is 7.06. The Bertz CT molecular complexity index is 1600. The van der Waals surface area contributed by atoms with Crippen LogP contribution in [0.25, 0.3) is 11.3 Å². The number of nitrogens with one attached hydrogen (secondary N) is 1. The number of nitrogens with zero attached hydrogens (tertiary/aromatic N) is 3. The Morgan fingerprint density at radius 2 is 1.83 bits per heavy atom. The van der Waals surface area contributed by atoms with Crippen LogP contribution in [0.5, 0.6) is 5.88 Å².